The van der Waals surface area contributed by atoms with E-state index in [9.17, 15) is 0 Å². The summed E-state index contributed by atoms with van der Waals surface area (Å²) in [6.07, 6.45) is 1.94. The minimum Gasteiger partial charge on any atom is -0.256 e. The smallest absolute Gasteiger partial charge is 0.0630 e. The van der Waals surface area contributed by atoms with Crippen LogP contribution in [0.2, 0.25) is 5.02 Å². The van der Waals surface area contributed by atoms with Crippen LogP contribution < -0.4 is 0 Å². The number of halogens is 1. The molecular formula is C23H14ClN. The lowest BCUT2D eigenvalue weighted by atomic mass is 9.92. The molecule has 0 saturated heterocycles. The predicted molar refractivity (Wildman–Crippen MR) is 109 cm³/mol. The number of nitrogens with zero attached hydrogens (tertiary/aromatic N) is 1. The summed E-state index contributed by atoms with van der Waals surface area (Å²) in [4.78, 5) is 4.62. The second-order valence-corrected chi connectivity index (χ2v) is 6.68. The molecule has 2 heteroatoms. The topological polar surface area (TPSA) is 12.4 Å². The van der Waals surface area contributed by atoms with Gasteiger partial charge in [-0.25, -0.2) is 0 Å². The maximum Gasteiger partial charge on any atom is 0.0630 e. The average Bonchev–Trinajstić information content (AvgIpc) is 2.66. The molecule has 0 fully saturated rings. The van der Waals surface area contributed by atoms with E-state index in [0.717, 1.165) is 16.3 Å². The minimum absolute atomic E-state index is 0.724. The third-order valence-electron chi connectivity index (χ3n) is 4.74. The van der Waals surface area contributed by atoms with Crippen LogP contribution in [0, 0.1) is 0 Å². The highest BCUT2D eigenvalue weighted by atomic mass is 35.5. The largest absolute Gasteiger partial charge is 0.256 e. The number of aliphatic imine (C=N–C) groups is 1. The number of hydrogen-bond acceptors (Lipinski definition) is 1. The van der Waals surface area contributed by atoms with Crippen LogP contribution in [0.25, 0.3) is 32.3 Å². The van der Waals surface area contributed by atoms with Gasteiger partial charge in [0.1, 0.15) is 0 Å². The maximum atomic E-state index is 5.94. The van der Waals surface area contributed by atoms with Crippen molar-refractivity contribution in [1.29, 1.82) is 0 Å². The molecule has 25 heavy (non-hydrogen) atoms. The van der Waals surface area contributed by atoms with Gasteiger partial charge in [0.05, 0.1) is 5.69 Å². The van der Waals surface area contributed by atoms with Crippen LogP contribution in [0.1, 0.15) is 5.56 Å². The van der Waals surface area contributed by atoms with Crippen LogP contribution in [0.5, 0.6) is 0 Å². The standard InChI is InChI=1S/C23H14ClN/c24-19-9-11-20(12-10-19)25-14-18-7-6-17-5-4-15-2-1-3-16-8-13-21(18)23(17)22(15)16/h1-14H. The van der Waals surface area contributed by atoms with Gasteiger partial charge >= 0.3 is 0 Å². The van der Waals surface area contributed by atoms with Gasteiger partial charge < -0.3 is 0 Å². The Hall–Kier alpha value is -2.90. The zero-order valence-electron chi connectivity index (χ0n) is 13.4. The second-order valence-electron chi connectivity index (χ2n) is 6.25. The molecule has 0 amide bonds. The lowest BCUT2D eigenvalue weighted by Gasteiger charge is -2.12. The summed E-state index contributed by atoms with van der Waals surface area (Å²) in [6, 6.07) is 27.2. The molecule has 0 unspecified atom stereocenters. The molecule has 5 rings (SSSR count). The van der Waals surface area contributed by atoms with Gasteiger partial charge in [-0.3, -0.25) is 4.99 Å². The molecule has 0 radical (unpaired) electrons. The first-order chi connectivity index (χ1) is 12.3. The molecule has 0 aromatic heterocycles. The molecule has 0 N–H and O–H groups in total. The number of rotatable bonds is 2. The summed E-state index contributed by atoms with van der Waals surface area (Å²) in [5.41, 5.74) is 2.02. The molecule has 0 aliphatic rings. The van der Waals surface area contributed by atoms with E-state index >= 15 is 0 Å². The molecule has 0 heterocycles. The first-order valence-corrected chi connectivity index (χ1v) is 8.63. The van der Waals surface area contributed by atoms with E-state index in [2.05, 4.69) is 59.6 Å². The van der Waals surface area contributed by atoms with E-state index in [1.807, 2.05) is 30.5 Å². The quantitative estimate of drug-likeness (QED) is 0.243. The van der Waals surface area contributed by atoms with E-state index < -0.39 is 0 Å². The normalized spacial score (nSPS) is 12.0. The Balaban J connectivity index is 1.74. The highest BCUT2D eigenvalue weighted by molar-refractivity contribution is 6.30. The van der Waals surface area contributed by atoms with Crippen molar-refractivity contribution in [3.8, 4) is 0 Å². The molecule has 5 aromatic carbocycles. The van der Waals surface area contributed by atoms with Gasteiger partial charge in [-0.15, -0.1) is 0 Å². The Morgan fingerprint density at radius 1 is 0.640 bits per heavy atom. The van der Waals surface area contributed by atoms with Crippen molar-refractivity contribution in [1.82, 2.24) is 0 Å². The van der Waals surface area contributed by atoms with E-state index in [1.54, 1.807) is 0 Å². The first-order valence-electron chi connectivity index (χ1n) is 8.26. The van der Waals surface area contributed by atoms with Crippen molar-refractivity contribution in [2.24, 2.45) is 4.99 Å². The van der Waals surface area contributed by atoms with E-state index in [4.69, 9.17) is 11.6 Å². The molecule has 0 aliphatic heterocycles. The third kappa shape index (κ3) is 2.36. The van der Waals surface area contributed by atoms with Crippen LogP contribution in [0.15, 0.2) is 83.9 Å². The highest BCUT2D eigenvalue weighted by Gasteiger charge is 2.09. The van der Waals surface area contributed by atoms with Crippen LogP contribution in [-0.4, -0.2) is 6.21 Å². The Bertz CT molecular complexity index is 1220. The summed E-state index contributed by atoms with van der Waals surface area (Å²) < 4.78 is 0. The summed E-state index contributed by atoms with van der Waals surface area (Å²) in [7, 11) is 0. The third-order valence-corrected chi connectivity index (χ3v) is 4.99. The van der Waals surface area contributed by atoms with Crippen LogP contribution in [0.4, 0.5) is 5.69 Å². The molecule has 0 aliphatic carbocycles. The number of hydrogen-bond donors (Lipinski definition) is 0. The van der Waals surface area contributed by atoms with E-state index in [-0.39, 0.29) is 0 Å². The summed E-state index contributed by atoms with van der Waals surface area (Å²) in [5.74, 6) is 0. The van der Waals surface area contributed by atoms with Gasteiger partial charge in [0.25, 0.3) is 0 Å². The highest BCUT2D eigenvalue weighted by Crippen LogP contribution is 2.35. The zero-order valence-corrected chi connectivity index (χ0v) is 14.2. The Morgan fingerprint density at radius 3 is 2.04 bits per heavy atom. The van der Waals surface area contributed by atoms with Crippen LogP contribution >= 0.6 is 11.6 Å². The molecule has 5 aromatic rings. The summed E-state index contributed by atoms with van der Waals surface area (Å²) in [5, 5.41) is 8.43. The van der Waals surface area contributed by atoms with Crippen molar-refractivity contribution >= 4 is 55.8 Å². The van der Waals surface area contributed by atoms with Crippen LogP contribution in [0.3, 0.4) is 0 Å². The van der Waals surface area contributed by atoms with Crippen molar-refractivity contribution in [2.45, 2.75) is 0 Å². The fraction of sp³-hybridized carbons (Fsp3) is 0. The Labute approximate surface area is 150 Å². The van der Waals surface area contributed by atoms with Gasteiger partial charge in [0.15, 0.2) is 0 Å². The van der Waals surface area contributed by atoms with Crippen LogP contribution in [-0.2, 0) is 0 Å². The van der Waals surface area contributed by atoms with Crippen molar-refractivity contribution in [2.75, 3.05) is 0 Å². The van der Waals surface area contributed by atoms with Crippen molar-refractivity contribution in [3.05, 3.63) is 89.4 Å². The van der Waals surface area contributed by atoms with Gasteiger partial charge in [0.2, 0.25) is 0 Å². The molecule has 118 valence electrons. The maximum absolute atomic E-state index is 5.94. The molecule has 1 nitrogen and oxygen atoms in total. The second kappa shape index (κ2) is 5.58. The predicted octanol–water partition coefficient (Wildman–Crippen LogP) is 6.99. The molecular weight excluding hydrogens is 326 g/mol. The van der Waals surface area contributed by atoms with Gasteiger partial charge in [-0.05, 0) is 56.6 Å². The van der Waals surface area contributed by atoms with Gasteiger partial charge in [0, 0.05) is 16.8 Å². The SMILES string of the molecule is Clc1ccc(N=Cc2ccc3ccc4cccc5ccc2c3c45)cc1. The average molecular weight is 340 g/mol. The fourth-order valence-corrected chi connectivity index (χ4v) is 3.67. The summed E-state index contributed by atoms with van der Waals surface area (Å²) >= 11 is 5.94. The minimum atomic E-state index is 0.724. The molecule has 0 bridgehead atoms. The summed E-state index contributed by atoms with van der Waals surface area (Å²) in [6.45, 7) is 0. The first kappa shape index (κ1) is 14.4. The monoisotopic (exact) mass is 339 g/mol. The lowest BCUT2D eigenvalue weighted by Crippen LogP contribution is -1.88. The van der Waals surface area contributed by atoms with Gasteiger partial charge in [-0.2, -0.15) is 0 Å². The zero-order chi connectivity index (χ0) is 16.8. The molecule has 0 saturated carbocycles. The Kier molecular flexibility index (Phi) is 3.22. The van der Waals surface area contributed by atoms with E-state index in [0.29, 0.717) is 0 Å². The van der Waals surface area contributed by atoms with E-state index in [1.165, 1.54) is 32.3 Å². The van der Waals surface area contributed by atoms with Gasteiger partial charge in [-0.1, -0.05) is 66.2 Å². The van der Waals surface area contributed by atoms with Crippen molar-refractivity contribution < 1.29 is 0 Å². The van der Waals surface area contributed by atoms with Crippen molar-refractivity contribution in [3.63, 3.8) is 0 Å². The fourth-order valence-electron chi connectivity index (χ4n) is 3.54. The lowest BCUT2D eigenvalue weighted by molar-refractivity contribution is 1.53. The number of benzene rings is 5. The molecule has 0 atom stereocenters. The Morgan fingerprint density at radius 2 is 1.28 bits per heavy atom. The molecule has 0 spiro atoms.